The van der Waals surface area contributed by atoms with E-state index in [2.05, 4.69) is 4.90 Å². The monoisotopic (exact) mass is 233 g/mol. The van der Waals surface area contributed by atoms with Crippen LogP contribution in [0.15, 0.2) is 18.2 Å². The summed E-state index contributed by atoms with van der Waals surface area (Å²) in [7, 11) is 0. The normalized spacial score (nSPS) is 17.6. The number of nitrogens with zero attached hydrogens (tertiary/aromatic N) is 1. The number of benzene rings is 1. The number of carbonyl (C=O) groups excluding carboxylic acids is 1. The second-order valence-electron chi connectivity index (χ2n) is 4.70. The lowest BCUT2D eigenvalue weighted by atomic mass is 10.1. The first kappa shape index (κ1) is 12.1. The van der Waals surface area contributed by atoms with Crippen LogP contribution in [0.25, 0.3) is 0 Å². The van der Waals surface area contributed by atoms with Crippen LogP contribution in [-0.4, -0.2) is 29.4 Å². The summed E-state index contributed by atoms with van der Waals surface area (Å²) in [5.74, 6) is 0.292. The quantitative estimate of drug-likeness (QED) is 0.816. The summed E-state index contributed by atoms with van der Waals surface area (Å²) in [4.78, 5) is 13.1. The zero-order chi connectivity index (χ0) is 12.1. The van der Waals surface area contributed by atoms with E-state index in [-0.39, 0.29) is 0 Å². The van der Waals surface area contributed by atoms with Gasteiger partial charge in [0.25, 0.3) is 0 Å². The molecule has 92 valence electrons. The van der Waals surface area contributed by atoms with Crippen LogP contribution in [0.5, 0.6) is 5.75 Å². The maximum atomic E-state index is 10.7. The third-order valence-corrected chi connectivity index (χ3v) is 3.33. The van der Waals surface area contributed by atoms with Gasteiger partial charge < -0.3 is 5.11 Å². The summed E-state index contributed by atoms with van der Waals surface area (Å²) in [5, 5.41) is 9.79. The summed E-state index contributed by atoms with van der Waals surface area (Å²) < 4.78 is 0. The summed E-state index contributed by atoms with van der Waals surface area (Å²) in [6, 6.07) is 5.04. The molecule has 0 atom stereocenters. The van der Waals surface area contributed by atoms with Crippen molar-refractivity contribution in [2.24, 2.45) is 0 Å². The zero-order valence-electron chi connectivity index (χ0n) is 10.1. The van der Waals surface area contributed by atoms with E-state index in [1.54, 1.807) is 18.2 Å². The van der Waals surface area contributed by atoms with E-state index in [4.69, 9.17) is 0 Å². The Labute approximate surface area is 102 Å². The molecule has 3 nitrogen and oxygen atoms in total. The molecular formula is C14H19NO2. The molecule has 0 spiro atoms. The Morgan fingerprint density at radius 3 is 2.53 bits per heavy atom. The van der Waals surface area contributed by atoms with Crippen LogP contribution in [0, 0.1) is 0 Å². The molecule has 0 bridgehead atoms. The topological polar surface area (TPSA) is 40.5 Å². The summed E-state index contributed by atoms with van der Waals surface area (Å²) in [6.45, 7) is 2.92. The highest BCUT2D eigenvalue weighted by atomic mass is 16.3. The van der Waals surface area contributed by atoms with E-state index in [0.717, 1.165) is 31.5 Å². The van der Waals surface area contributed by atoms with Gasteiger partial charge in [0.2, 0.25) is 0 Å². The number of hydrogen-bond acceptors (Lipinski definition) is 3. The Kier molecular flexibility index (Phi) is 4.15. The van der Waals surface area contributed by atoms with Gasteiger partial charge in [-0.1, -0.05) is 12.8 Å². The van der Waals surface area contributed by atoms with E-state index in [9.17, 15) is 9.90 Å². The molecule has 3 heteroatoms. The molecule has 1 N–H and O–H groups in total. The van der Waals surface area contributed by atoms with E-state index in [1.165, 1.54) is 25.7 Å². The van der Waals surface area contributed by atoms with Gasteiger partial charge in [-0.25, -0.2) is 0 Å². The number of rotatable bonds is 3. The van der Waals surface area contributed by atoms with Crippen LogP contribution in [0.3, 0.4) is 0 Å². The van der Waals surface area contributed by atoms with Crippen molar-refractivity contribution in [3.8, 4) is 5.75 Å². The number of hydrogen-bond donors (Lipinski definition) is 1. The highest BCUT2D eigenvalue weighted by Gasteiger charge is 2.11. The Hall–Kier alpha value is -1.35. The van der Waals surface area contributed by atoms with Gasteiger partial charge in [-0.15, -0.1) is 0 Å². The van der Waals surface area contributed by atoms with Crippen molar-refractivity contribution in [3.05, 3.63) is 29.3 Å². The van der Waals surface area contributed by atoms with Gasteiger partial charge in [0.05, 0.1) is 0 Å². The molecule has 17 heavy (non-hydrogen) atoms. The smallest absolute Gasteiger partial charge is 0.150 e. The second kappa shape index (κ2) is 5.82. The Morgan fingerprint density at radius 1 is 1.18 bits per heavy atom. The molecule has 0 radical (unpaired) electrons. The van der Waals surface area contributed by atoms with Crippen molar-refractivity contribution in [1.82, 2.24) is 4.90 Å². The lowest BCUT2D eigenvalue weighted by molar-refractivity contribution is 0.112. The third kappa shape index (κ3) is 3.30. The number of carbonyl (C=O) groups is 1. The van der Waals surface area contributed by atoms with Gasteiger partial charge in [-0.2, -0.15) is 0 Å². The average Bonchev–Trinajstić information content (AvgIpc) is 2.60. The molecule has 1 heterocycles. The molecule has 1 aromatic carbocycles. The van der Waals surface area contributed by atoms with Crippen LogP contribution in [0.2, 0.25) is 0 Å². The molecule has 0 saturated carbocycles. The zero-order valence-corrected chi connectivity index (χ0v) is 10.1. The van der Waals surface area contributed by atoms with Crippen LogP contribution < -0.4 is 0 Å². The van der Waals surface area contributed by atoms with E-state index < -0.39 is 0 Å². The number of phenolic OH excluding ortho intramolecular Hbond substituents is 1. The fourth-order valence-corrected chi connectivity index (χ4v) is 2.34. The molecule has 0 aliphatic carbocycles. The van der Waals surface area contributed by atoms with Crippen LogP contribution in [0.1, 0.15) is 41.6 Å². The van der Waals surface area contributed by atoms with Crippen LogP contribution in [0.4, 0.5) is 0 Å². The van der Waals surface area contributed by atoms with Crippen LogP contribution >= 0.6 is 0 Å². The second-order valence-corrected chi connectivity index (χ2v) is 4.70. The Bertz CT molecular complexity index is 382. The van der Waals surface area contributed by atoms with Crippen molar-refractivity contribution in [3.63, 3.8) is 0 Å². The van der Waals surface area contributed by atoms with Crippen molar-refractivity contribution >= 4 is 6.29 Å². The van der Waals surface area contributed by atoms with Crippen molar-refractivity contribution in [1.29, 1.82) is 0 Å². The average molecular weight is 233 g/mol. The van der Waals surface area contributed by atoms with Crippen molar-refractivity contribution in [2.45, 2.75) is 32.2 Å². The molecule has 1 aliphatic heterocycles. The molecule has 1 aromatic rings. The highest BCUT2D eigenvalue weighted by Crippen LogP contribution is 2.21. The minimum atomic E-state index is 0.292. The summed E-state index contributed by atoms with van der Waals surface area (Å²) in [6.07, 6.45) is 5.89. The lowest BCUT2D eigenvalue weighted by Crippen LogP contribution is -2.24. The van der Waals surface area contributed by atoms with Gasteiger partial charge in [-0.3, -0.25) is 9.69 Å². The first-order chi connectivity index (χ1) is 8.29. The summed E-state index contributed by atoms with van der Waals surface area (Å²) in [5.41, 5.74) is 1.49. The number of aromatic hydroxyl groups is 1. The largest absolute Gasteiger partial charge is 0.508 e. The maximum absolute atomic E-state index is 10.7. The molecule has 2 rings (SSSR count). The maximum Gasteiger partial charge on any atom is 0.150 e. The fourth-order valence-electron chi connectivity index (χ4n) is 2.34. The van der Waals surface area contributed by atoms with E-state index in [1.807, 2.05) is 0 Å². The van der Waals surface area contributed by atoms with Crippen LogP contribution in [-0.2, 0) is 6.54 Å². The van der Waals surface area contributed by atoms with E-state index >= 15 is 0 Å². The molecule has 1 saturated heterocycles. The summed E-state index contributed by atoms with van der Waals surface area (Å²) >= 11 is 0. The minimum absolute atomic E-state index is 0.292. The Balaban J connectivity index is 2.08. The molecular weight excluding hydrogens is 214 g/mol. The van der Waals surface area contributed by atoms with Gasteiger partial charge in [0, 0.05) is 17.7 Å². The first-order valence-corrected chi connectivity index (χ1v) is 6.29. The molecule has 0 amide bonds. The highest BCUT2D eigenvalue weighted by molar-refractivity contribution is 5.75. The SMILES string of the molecule is O=Cc1ccc(O)c(CN2CCCCCC2)c1. The minimum Gasteiger partial charge on any atom is -0.508 e. The number of phenols is 1. The lowest BCUT2D eigenvalue weighted by Gasteiger charge is -2.20. The van der Waals surface area contributed by atoms with Gasteiger partial charge >= 0.3 is 0 Å². The van der Waals surface area contributed by atoms with Crippen molar-refractivity contribution in [2.75, 3.05) is 13.1 Å². The Morgan fingerprint density at radius 2 is 1.88 bits per heavy atom. The molecule has 1 aliphatic rings. The van der Waals surface area contributed by atoms with Gasteiger partial charge in [0.1, 0.15) is 12.0 Å². The van der Waals surface area contributed by atoms with Gasteiger partial charge in [-0.05, 0) is 44.1 Å². The molecule has 0 unspecified atom stereocenters. The predicted molar refractivity (Wildman–Crippen MR) is 67.2 cm³/mol. The third-order valence-electron chi connectivity index (χ3n) is 3.33. The number of aldehydes is 1. The van der Waals surface area contributed by atoms with E-state index in [0.29, 0.717) is 11.3 Å². The standard InChI is InChI=1S/C14H19NO2/c16-11-12-5-6-14(17)13(9-12)10-15-7-3-1-2-4-8-15/h5-6,9,11,17H,1-4,7-8,10H2. The number of likely N-dealkylation sites (tertiary alicyclic amines) is 1. The van der Waals surface area contributed by atoms with Crippen molar-refractivity contribution < 1.29 is 9.90 Å². The molecule has 0 aromatic heterocycles. The molecule has 1 fully saturated rings. The van der Waals surface area contributed by atoms with Gasteiger partial charge in [0.15, 0.2) is 0 Å². The first-order valence-electron chi connectivity index (χ1n) is 6.29. The fraction of sp³-hybridized carbons (Fsp3) is 0.500. The predicted octanol–water partition coefficient (Wildman–Crippen LogP) is 2.58.